The molecule has 0 fully saturated rings. The molecule has 1 atom stereocenters. The fraction of sp³-hybridized carbons (Fsp3) is 0.571. The SMILES string of the molecule is CCCCCCCC(N)c1cccc(Cl)c1F. The highest BCUT2D eigenvalue weighted by atomic mass is 35.5. The van der Waals surface area contributed by atoms with Crippen molar-refractivity contribution < 1.29 is 4.39 Å². The van der Waals surface area contributed by atoms with E-state index in [9.17, 15) is 4.39 Å². The standard InChI is InChI=1S/C14H21ClFN/c1-2-3-4-5-6-10-13(17)11-8-7-9-12(15)14(11)16/h7-9,13H,2-6,10,17H2,1H3. The van der Waals surface area contributed by atoms with Crippen molar-refractivity contribution in [2.24, 2.45) is 5.73 Å². The maximum Gasteiger partial charge on any atom is 0.146 e. The molecule has 17 heavy (non-hydrogen) atoms. The molecule has 1 rings (SSSR count). The van der Waals surface area contributed by atoms with Crippen molar-refractivity contribution in [2.45, 2.75) is 51.5 Å². The van der Waals surface area contributed by atoms with Gasteiger partial charge in [-0.05, 0) is 12.5 Å². The van der Waals surface area contributed by atoms with Gasteiger partial charge in [0.15, 0.2) is 0 Å². The van der Waals surface area contributed by atoms with Crippen molar-refractivity contribution in [2.75, 3.05) is 0 Å². The first-order valence-electron chi connectivity index (χ1n) is 6.36. The lowest BCUT2D eigenvalue weighted by Gasteiger charge is -2.13. The van der Waals surface area contributed by atoms with E-state index in [1.165, 1.54) is 25.7 Å². The molecule has 3 heteroatoms. The second kappa shape index (κ2) is 7.67. The predicted molar refractivity (Wildman–Crippen MR) is 71.7 cm³/mol. The van der Waals surface area contributed by atoms with Gasteiger partial charge in [-0.15, -0.1) is 0 Å². The van der Waals surface area contributed by atoms with Gasteiger partial charge in [-0.1, -0.05) is 62.8 Å². The van der Waals surface area contributed by atoms with E-state index in [0.29, 0.717) is 5.56 Å². The summed E-state index contributed by atoms with van der Waals surface area (Å²) in [5.74, 6) is -0.366. The predicted octanol–water partition coefficient (Wildman–Crippen LogP) is 4.84. The molecule has 0 saturated carbocycles. The van der Waals surface area contributed by atoms with Crippen molar-refractivity contribution in [3.63, 3.8) is 0 Å². The van der Waals surface area contributed by atoms with E-state index in [1.54, 1.807) is 18.2 Å². The van der Waals surface area contributed by atoms with Crippen molar-refractivity contribution in [1.29, 1.82) is 0 Å². The van der Waals surface area contributed by atoms with Crippen LogP contribution in [0.1, 0.15) is 57.1 Å². The van der Waals surface area contributed by atoms with E-state index in [-0.39, 0.29) is 16.9 Å². The van der Waals surface area contributed by atoms with Crippen LogP contribution in [-0.2, 0) is 0 Å². The highest BCUT2D eigenvalue weighted by molar-refractivity contribution is 6.30. The van der Waals surface area contributed by atoms with Crippen molar-refractivity contribution in [1.82, 2.24) is 0 Å². The number of hydrogen-bond donors (Lipinski definition) is 1. The van der Waals surface area contributed by atoms with Crippen LogP contribution in [0.25, 0.3) is 0 Å². The van der Waals surface area contributed by atoms with Gasteiger partial charge < -0.3 is 5.73 Å². The Morgan fingerprint density at radius 2 is 1.94 bits per heavy atom. The average molecular weight is 258 g/mol. The molecular weight excluding hydrogens is 237 g/mol. The quantitative estimate of drug-likeness (QED) is 0.695. The molecule has 2 N–H and O–H groups in total. The molecule has 0 aliphatic heterocycles. The lowest BCUT2D eigenvalue weighted by molar-refractivity contribution is 0.527. The first kappa shape index (κ1) is 14.5. The van der Waals surface area contributed by atoms with Crippen molar-refractivity contribution >= 4 is 11.6 Å². The summed E-state index contributed by atoms with van der Waals surface area (Å²) in [5.41, 5.74) is 6.52. The summed E-state index contributed by atoms with van der Waals surface area (Å²) < 4.78 is 13.7. The van der Waals surface area contributed by atoms with Crippen LogP contribution >= 0.6 is 11.6 Å². The second-order valence-corrected chi connectivity index (χ2v) is 4.86. The molecular formula is C14H21ClFN. The van der Waals surface area contributed by atoms with Crippen LogP contribution in [0, 0.1) is 5.82 Å². The van der Waals surface area contributed by atoms with Gasteiger partial charge in [-0.3, -0.25) is 0 Å². The normalized spacial score (nSPS) is 12.7. The minimum Gasteiger partial charge on any atom is -0.324 e. The lowest BCUT2D eigenvalue weighted by atomic mass is 10.00. The maximum absolute atomic E-state index is 13.7. The van der Waals surface area contributed by atoms with Gasteiger partial charge in [-0.25, -0.2) is 4.39 Å². The Hall–Kier alpha value is -0.600. The molecule has 0 aliphatic rings. The Morgan fingerprint density at radius 3 is 2.65 bits per heavy atom. The zero-order valence-electron chi connectivity index (χ0n) is 10.4. The molecule has 0 bridgehead atoms. The van der Waals surface area contributed by atoms with Crippen LogP contribution in [-0.4, -0.2) is 0 Å². The van der Waals surface area contributed by atoms with E-state index in [2.05, 4.69) is 6.92 Å². The Bertz CT molecular complexity index is 341. The number of nitrogens with two attached hydrogens (primary N) is 1. The van der Waals surface area contributed by atoms with E-state index in [4.69, 9.17) is 17.3 Å². The van der Waals surface area contributed by atoms with Gasteiger partial charge in [-0.2, -0.15) is 0 Å². The molecule has 0 saturated heterocycles. The first-order valence-corrected chi connectivity index (χ1v) is 6.74. The Balaban J connectivity index is 2.41. The summed E-state index contributed by atoms with van der Waals surface area (Å²) in [6, 6.07) is 4.78. The summed E-state index contributed by atoms with van der Waals surface area (Å²) in [6.45, 7) is 2.19. The second-order valence-electron chi connectivity index (χ2n) is 4.45. The topological polar surface area (TPSA) is 26.0 Å². The molecule has 0 amide bonds. The van der Waals surface area contributed by atoms with Crippen LogP contribution in [0.15, 0.2) is 18.2 Å². The Morgan fingerprint density at radius 1 is 1.24 bits per heavy atom. The van der Waals surface area contributed by atoms with E-state index in [0.717, 1.165) is 12.8 Å². The monoisotopic (exact) mass is 257 g/mol. The first-order chi connectivity index (χ1) is 8.16. The molecule has 0 aromatic heterocycles. The minimum atomic E-state index is -0.366. The van der Waals surface area contributed by atoms with E-state index >= 15 is 0 Å². The van der Waals surface area contributed by atoms with Crippen molar-refractivity contribution in [3.8, 4) is 0 Å². The molecule has 1 unspecified atom stereocenters. The summed E-state index contributed by atoms with van der Waals surface area (Å²) in [5, 5.41) is 0.156. The molecule has 1 aromatic rings. The molecule has 0 heterocycles. The fourth-order valence-electron chi connectivity index (χ4n) is 1.93. The number of rotatable bonds is 7. The van der Waals surface area contributed by atoms with Crippen LogP contribution in [0.5, 0.6) is 0 Å². The average Bonchev–Trinajstić information content (AvgIpc) is 2.32. The van der Waals surface area contributed by atoms with E-state index in [1.807, 2.05) is 0 Å². The Kier molecular flexibility index (Phi) is 6.53. The summed E-state index contributed by atoms with van der Waals surface area (Å²) in [6.07, 6.45) is 6.77. The van der Waals surface area contributed by atoms with Gasteiger partial charge in [0.05, 0.1) is 5.02 Å². The smallest absolute Gasteiger partial charge is 0.146 e. The third-order valence-corrected chi connectivity index (χ3v) is 3.29. The van der Waals surface area contributed by atoms with Gasteiger partial charge in [0.1, 0.15) is 5.82 Å². The van der Waals surface area contributed by atoms with Gasteiger partial charge in [0.25, 0.3) is 0 Å². The third-order valence-electron chi connectivity index (χ3n) is 3.00. The molecule has 96 valence electrons. The van der Waals surface area contributed by atoms with Gasteiger partial charge in [0.2, 0.25) is 0 Å². The van der Waals surface area contributed by atoms with Gasteiger partial charge >= 0.3 is 0 Å². The number of halogens is 2. The fourth-order valence-corrected chi connectivity index (χ4v) is 2.11. The molecule has 1 aromatic carbocycles. The lowest BCUT2D eigenvalue weighted by Crippen LogP contribution is -2.12. The van der Waals surface area contributed by atoms with Crippen molar-refractivity contribution in [3.05, 3.63) is 34.6 Å². The Labute approximate surface area is 108 Å². The van der Waals surface area contributed by atoms with Crippen LogP contribution < -0.4 is 5.73 Å². The number of hydrogen-bond acceptors (Lipinski definition) is 1. The largest absolute Gasteiger partial charge is 0.324 e. The molecule has 0 spiro atoms. The summed E-state index contributed by atoms with van der Waals surface area (Å²) in [4.78, 5) is 0. The number of unbranched alkanes of at least 4 members (excludes halogenated alkanes) is 4. The molecule has 1 nitrogen and oxygen atoms in total. The zero-order valence-corrected chi connectivity index (χ0v) is 11.1. The van der Waals surface area contributed by atoms with Gasteiger partial charge in [0, 0.05) is 11.6 Å². The van der Waals surface area contributed by atoms with E-state index < -0.39 is 0 Å². The molecule has 0 aliphatic carbocycles. The summed E-state index contributed by atoms with van der Waals surface area (Å²) in [7, 11) is 0. The maximum atomic E-state index is 13.7. The minimum absolute atomic E-state index is 0.156. The number of benzene rings is 1. The van der Waals surface area contributed by atoms with Crippen LogP contribution in [0.3, 0.4) is 0 Å². The zero-order chi connectivity index (χ0) is 12.7. The highest BCUT2D eigenvalue weighted by Crippen LogP contribution is 2.25. The molecule has 0 radical (unpaired) electrons. The van der Waals surface area contributed by atoms with Crippen LogP contribution in [0.2, 0.25) is 5.02 Å². The summed E-state index contributed by atoms with van der Waals surface area (Å²) >= 11 is 5.73. The third kappa shape index (κ3) is 4.64. The highest BCUT2D eigenvalue weighted by Gasteiger charge is 2.13. The van der Waals surface area contributed by atoms with Crippen LogP contribution in [0.4, 0.5) is 4.39 Å².